The quantitative estimate of drug-likeness (QED) is 0.634. The second-order valence-corrected chi connectivity index (χ2v) is 7.22. The van der Waals surface area contributed by atoms with E-state index in [0.717, 1.165) is 27.5 Å². The molecule has 0 N–H and O–H groups in total. The van der Waals surface area contributed by atoms with E-state index in [0.29, 0.717) is 32.1 Å². The highest BCUT2D eigenvalue weighted by molar-refractivity contribution is 8.00. The maximum atomic E-state index is 12.3. The summed E-state index contributed by atoms with van der Waals surface area (Å²) in [6.45, 7) is 6.69. The van der Waals surface area contributed by atoms with E-state index >= 15 is 0 Å². The molecule has 1 aliphatic heterocycles. The molecule has 1 saturated heterocycles. The van der Waals surface area contributed by atoms with E-state index in [4.69, 9.17) is 4.74 Å². The molecule has 0 aliphatic carbocycles. The van der Waals surface area contributed by atoms with Gasteiger partial charge in [-0.2, -0.15) is 0 Å². The SMILES string of the molecule is CCc1cc2c(SCC(=O)N3CCOCC3)nc(C)nc2s1. The molecule has 7 heteroatoms. The summed E-state index contributed by atoms with van der Waals surface area (Å²) in [5, 5.41) is 1.99. The summed E-state index contributed by atoms with van der Waals surface area (Å²) in [6, 6.07) is 2.15. The summed E-state index contributed by atoms with van der Waals surface area (Å²) in [5.41, 5.74) is 0. The monoisotopic (exact) mass is 337 g/mol. The van der Waals surface area contributed by atoms with Crippen LogP contribution < -0.4 is 0 Å². The fourth-order valence-corrected chi connectivity index (χ4v) is 4.39. The first-order valence-corrected chi connectivity index (χ1v) is 9.23. The van der Waals surface area contributed by atoms with Crippen molar-refractivity contribution < 1.29 is 9.53 Å². The topological polar surface area (TPSA) is 55.3 Å². The number of hydrogen-bond acceptors (Lipinski definition) is 6. The first-order valence-electron chi connectivity index (χ1n) is 7.42. The molecule has 1 amide bonds. The molecule has 1 aliphatic rings. The molecular formula is C15H19N3O2S2. The number of ether oxygens (including phenoxy) is 1. The van der Waals surface area contributed by atoms with Crippen molar-refractivity contribution in [1.29, 1.82) is 0 Å². The lowest BCUT2D eigenvalue weighted by Gasteiger charge is -2.26. The van der Waals surface area contributed by atoms with Crippen LogP contribution in [-0.2, 0) is 16.0 Å². The number of amides is 1. The van der Waals surface area contributed by atoms with E-state index in [1.807, 2.05) is 11.8 Å². The number of morpholine rings is 1. The van der Waals surface area contributed by atoms with Crippen molar-refractivity contribution in [3.05, 3.63) is 16.8 Å². The van der Waals surface area contributed by atoms with Crippen LogP contribution in [0.3, 0.4) is 0 Å². The second kappa shape index (κ2) is 6.93. The Bertz CT molecular complexity index is 681. The van der Waals surface area contributed by atoms with E-state index in [1.54, 1.807) is 11.3 Å². The number of thioether (sulfide) groups is 1. The van der Waals surface area contributed by atoms with Gasteiger partial charge < -0.3 is 9.64 Å². The Kier molecular flexibility index (Phi) is 4.95. The van der Waals surface area contributed by atoms with Gasteiger partial charge in [0.2, 0.25) is 5.91 Å². The number of hydrogen-bond donors (Lipinski definition) is 0. The zero-order valence-corrected chi connectivity index (χ0v) is 14.4. The lowest BCUT2D eigenvalue weighted by molar-refractivity contribution is -0.132. The van der Waals surface area contributed by atoms with E-state index in [9.17, 15) is 4.79 Å². The van der Waals surface area contributed by atoms with Crippen LogP contribution in [0, 0.1) is 6.92 Å². The maximum Gasteiger partial charge on any atom is 0.233 e. The lowest BCUT2D eigenvalue weighted by Crippen LogP contribution is -2.41. The minimum atomic E-state index is 0.156. The third-order valence-electron chi connectivity index (χ3n) is 3.57. The largest absolute Gasteiger partial charge is 0.378 e. The molecule has 0 radical (unpaired) electrons. The normalized spacial score (nSPS) is 15.5. The van der Waals surface area contributed by atoms with Crippen molar-refractivity contribution in [3.63, 3.8) is 0 Å². The molecule has 0 saturated carbocycles. The minimum Gasteiger partial charge on any atom is -0.378 e. The first kappa shape index (κ1) is 15.7. The fraction of sp³-hybridized carbons (Fsp3) is 0.533. The number of carbonyl (C=O) groups is 1. The van der Waals surface area contributed by atoms with Gasteiger partial charge >= 0.3 is 0 Å². The van der Waals surface area contributed by atoms with Gasteiger partial charge in [-0.3, -0.25) is 4.79 Å². The van der Waals surface area contributed by atoms with Crippen LogP contribution in [-0.4, -0.2) is 52.8 Å². The Hall–Kier alpha value is -1.18. The first-order chi connectivity index (χ1) is 10.7. The summed E-state index contributed by atoms with van der Waals surface area (Å²) in [4.78, 5) is 25.5. The van der Waals surface area contributed by atoms with Crippen molar-refractivity contribution in [2.75, 3.05) is 32.1 Å². The van der Waals surface area contributed by atoms with Gasteiger partial charge in [0.1, 0.15) is 15.7 Å². The molecule has 0 atom stereocenters. The van der Waals surface area contributed by atoms with Gasteiger partial charge in [0, 0.05) is 23.4 Å². The summed E-state index contributed by atoms with van der Waals surface area (Å²) < 4.78 is 5.28. The third kappa shape index (κ3) is 3.42. The van der Waals surface area contributed by atoms with Gasteiger partial charge in [0.15, 0.2) is 0 Å². The van der Waals surface area contributed by atoms with Crippen LogP contribution >= 0.6 is 23.1 Å². The van der Waals surface area contributed by atoms with Crippen LogP contribution in [0.5, 0.6) is 0 Å². The average molecular weight is 337 g/mol. The van der Waals surface area contributed by atoms with Gasteiger partial charge in [-0.05, 0) is 19.4 Å². The predicted molar refractivity (Wildman–Crippen MR) is 89.7 cm³/mol. The Balaban J connectivity index is 1.75. The predicted octanol–water partition coefficient (Wildman–Crippen LogP) is 2.51. The van der Waals surface area contributed by atoms with Crippen molar-refractivity contribution in [3.8, 4) is 0 Å². The molecule has 3 rings (SSSR count). The number of aromatic nitrogens is 2. The van der Waals surface area contributed by atoms with Crippen LogP contribution in [0.4, 0.5) is 0 Å². The molecule has 3 heterocycles. The molecule has 0 aromatic carbocycles. The number of thiophene rings is 1. The number of carbonyl (C=O) groups excluding carboxylic acids is 1. The molecule has 22 heavy (non-hydrogen) atoms. The van der Waals surface area contributed by atoms with Crippen LogP contribution in [0.15, 0.2) is 11.1 Å². The Morgan fingerprint density at radius 1 is 1.41 bits per heavy atom. The van der Waals surface area contributed by atoms with Crippen LogP contribution in [0.1, 0.15) is 17.6 Å². The van der Waals surface area contributed by atoms with E-state index < -0.39 is 0 Å². The van der Waals surface area contributed by atoms with Gasteiger partial charge in [0.05, 0.1) is 19.0 Å². The van der Waals surface area contributed by atoms with Crippen molar-refractivity contribution >= 4 is 39.2 Å². The zero-order valence-electron chi connectivity index (χ0n) is 12.8. The Labute approximate surface area is 138 Å². The van der Waals surface area contributed by atoms with Crippen LogP contribution in [0.2, 0.25) is 0 Å². The van der Waals surface area contributed by atoms with Crippen molar-refractivity contribution in [1.82, 2.24) is 14.9 Å². The number of rotatable bonds is 4. The van der Waals surface area contributed by atoms with E-state index in [2.05, 4.69) is 23.0 Å². The van der Waals surface area contributed by atoms with Crippen molar-refractivity contribution in [2.45, 2.75) is 25.3 Å². The number of aryl methyl sites for hydroxylation is 2. The molecule has 2 aromatic rings. The van der Waals surface area contributed by atoms with Gasteiger partial charge in [-0.1, -0.05) is 18.7 Å². The molecule has 0 unspecified atom stereocenters. The number of nitrogens with zero attached hydrogens (tertiary/aromatic N) is 3. The third-order valence-corrected chi connectivity index (χ3v) is 5.71. The van der Waals surface area contributed by atoms with Crippen LogP contribution in [0.25, 0.3) is 10.2 Å². The maximum absolute atomic E-state index is 12.3. The molecular weight excluding hydrogens is 318 g/mol. The van der Waals surface area contributed by atoms with E-state index in [1.165, 1.54) is 16.6 Å². The molecule has 0 bridgehead atoms. The highest BCUT2D eigenvalue weighted by atomic mass is 32.2. The van der Waals surface area contributed by atoms with Gasteiger partial charge in [0.25, 0.3) is 0 Å². The summed E-state index contributed by atoms with van der Waals surface area (Å²) in [7, 11) is 0. The average Bonchev–Trinajstić information content (AvgIpc) is 2.96. The highest BCUT2D eigenvalue weighted by Crippen LogP contribution is 2.31. The lowest BCUT2D eigenvalue weighted by atomic mass is 10.3. The van der Waals surface area contributed by atoms with E-state index in [-0.39, 0.29) is 5.91 Å². The number of fused-ring (bicyclic) bond motifs is 1. The van der Waals surface area contributed by atoms with Crippen molar-refractivity contribution in [2.24, 2.45) is 0 Å². The summed E-state index contributed by atoms with van der Waals surface area (Å²) in [5.74, 6) is 1.34. The highest BCUT2D eigenvalue weighted by Gasteiger charge is 2.18. The zero-order chi connectivity index (χ0) is 15.5. The van der Waals surface area contributed by atoms with Gasteiger partial charge in [-0.25, -0.2) is 9.97 Å². The summed E-state index contributed by atoms with van der Waals surface area (Å²) in [6.07, 6.45) is 0.997. The molecule has 118 valence electrons. The Morgan fingerprint density at radius 2 is 2.18 bits per heavy atom. The summed E-state index contributed by atoms with van der Waals surface area (Å²) >= 11 is 3.22. The molecule has 0 spiro atoms. The Morgan fingerprint density at radius 3 is 2.91 bits per heavy atom. The fourth-order valence-electron chi connectivity index (χ4n) is 2.37. The van der Waals surface area contributed by atoms with Gasteiger partial charge in [-0.15, -0.1) is 11.3 Å². The molecule has 5 nitrogen and oxygen atoms in total. The smallest absolute Gasteiger partial charge is 0.233 e. The standard InChI is InChI=1S/C15H19N3O2S2/c1-3-11-8-12-14(16-10(2)17-15(12)22-11)21-9-13(19)18-4-6-20-7-5-18/h8H,3-7,9H2,1-2H3. The minimum absolute atomic E-state index is 0.156. The second-order valence-electron chi connectivity index (χ2n) is 5.14. The molecule has 2 aromatic heterocycles. The molecule has 1 fully saturated rings.